The lowest BCUT2D eigenvalue weighted by atomic mass is 10.1. The van der Waals surface area contributed by atoms with Crippen LogP contribution < -0.4 is 14.3 Å². The lowest BCUT2D eigenvalue weighted by molar-refractivity contribution is 0.256. The number of nitrogens with one attached hydrogen (secondary N) is 1. The maximum absolute atomic E-state index is 11.6. The molecule has 9 heteroatoms. The molecule has 1 N–H and O–H groups in total. The van der Waals surface area contributed by atoms with E-state index < -0.39 is 10.1 Å². The monoisotopic (exact) mass is 398 g/mol. The van der Waals surface area contributed by atoms with E-state index in [1.165, 1.54) is 0 Å². The van der Waals surface area contributed by atoms with Gasteiger partial charge in [-0.2, -0.15) is 8.42 Å². The van der Waals surface area contributed by atoms with Gasteiger partial charge >= 0.3 is 10.1 Å². The van der Waals surface area contributed by atoms with Gasteiger partial charge in [-0.05, 0) is 49.4 Å². The third-order valence-corrected chi connectivity index (χ3v) is 4.47. The molecule has 0 radical (unpaired) electrons. The summed E-state index contributed by atoms with van der Waals surface area (Å²) in [6.45, 7) is 2.53. The van der Waals surface area contributed by atoms with E-state index in [0.29, 0.717) is 23.0 Å². The molecule has 4 rings (SSSR count). The number of ether oxygens (including phenoxy) is 1. The van der Waals surface area contributed by atoms with E-state index in [4.69, 9.17) is 9.02 Å². The Morgan fingerprint density at radius 2 is 1.89 bits per heavy atom. The zero-order valence-corrected chi connectivity index (χ0v) is 16.1. The molecule has 0 bridgehead atoms. The van der Waals surface area contributed by atoms with Gasteiger partial charge in [-0.25, -0.2) is 0 Å². The second-order valence-corrected chi connectivity index (χ2v) is 7.69. The molecule has 0 saturated carbocycles. The first-order chi connectivity index (χ1) is 13.4. The summed E-state index contributed by atoms with van der Waals surface area (Å²) >= 11 is 0. The van der Waals surface area contributed by atoms with E-state index >= 15 is 0 Å². The van der Waals surface area contributed by atoms with Gasteiger partial charge in [0.25, 0.3) is 0 Å². The highest BCUT2D eigenvalue weighted by molar-refractivity contribution is 7.86. The summed E-state index contributed by atoms with van der Waals surface area (Å²) in [5.41, 5.74) is 2.80. The van der Waals surface area contributed by atoms with Gasteiger partial charge in [-0.1, -0.05) is 4.85 Å². The number of fused-ring (bicyclic) bond motifs is 3. The predicted octanol–water partition coefficient (Wildman–Crippen LogP) is 3.12. The molecule has 8 nitrogen and oxygen atoms in total. The summed E-state index contributed by atoms with van der Waals surface area (Å²) in [6.07, 6.45) is 4.21. The molecule has 2 heterocycles. The van der Waals surface area contributed by atoms with Crippen LogP contribution in [0.25, 0.3) is 21.8 Å². The van der Waals surface area contributed by atoms with Crippen LogP contribution in [0, 0.1) is 0 Å². The van der Waals surface area contributed by atoms with Crippen molar-refractivity contribution in [2.75, 3.05) is 18.2 Å². The van der Waals surface area contributed by atoms with Crippen LogP contribution in [-0.2, 0) is 10.1 Å². The molecule has 4 aromatic rings. The Morgan fingerprint density at radius 3 is 2.61 bits per heavy atom. The molecule has 2 aromatic carbocycles. The smallest absolute Gasteiger partial charge is 0.325 e. The van der Waals surface area contributed by atoms with E-state index in [0.717, 1.165) is 33.6 Å². The van der Waals surface area contributed by atoms with Gasteiger partial charge < -0.3 is 10.1 Å². The number of hydrogen-bond acceptors (Lipinski definition) is 7. The fourth-order valence-corrected chi connectivity index (χ4v) is 3.34. The van der Waals surface area contributed by atoms with Crippen molar-refractivity contribution in [1.29, 1.82) is 0 Å². The van der Waals surface area contributed by atoms with E-state index in [1.54, 1.807) is 12.4 Å². The predicted molar refractivity (Wildman–Crippen MR) is 107 cm³/mol. The molecule has 0 aliphatic rings. The highest BCUT2D eigenvalue weighted by Crippen LogP contribution is 2.32. The molecule has 0 atom stereocenters. The maximum Gasteiger partial charge on any atom is 0.325 e. The topological polar surface area (TPSA) is 95.3 Å². The summed E-state index contributed by atoms with van der Waals surface area (Å²) in [5, 5.41) is 8.84. The Hall–Kier alpha value is -3.33. The Kier molecular flexibility index (Phi) is 4.52. The molecule has 0 spiro atoms. The quantitative estimate of drug-likeness (QED) is 0.533. The summed E-state index contributed by atoms with van der Waals surface area (Å²) in [4.78, 5) is 5.40. The first-order valence-electron chi connectivity index (χ1n) is 8.60. The van der Waals surface area contributed by atoms with Gasteiger partial charge in [0.2, 0.25) is 0 Å². The van der Waals surface area contributed by atoms with Crippen molar-refractivity contribution in [3.63, 3.8) is 0 Å². The molecule has 0 unspecified atom stereocenters. The summed E-state index contributed by atoms with van der Waals surface area (Å²) in [5.74, 6) is 0.787. The minimum absolute atomic E-state index is 0.518. The highest BCUT2D eigenvalue weighted by Gasteiger charge is 2.15. The number of pyridine rings is 1. The fourth-order valence-electron chi connectivity index (χ4n) is 2.97. The number of benzene rings is 2. The first-order valence-corrected chi connectivity index (χ1v) is 10.4. The first kappa shape index (κ1) is 18.1. The molecular formula is C19H18N4O4S. The van der Waals surface area contributed by atoms with Crippen LogP contribution in [0.4, 0.5) is 11.4 Å². The van der Waals surface area contributed by atoms with Crippen molar-refractivity contribution in [2.24, 2.45) is 0 Å². The van der Waals surface area contributed by atoms with Gasteiger partial charge in [0.1, 0.15) is 11.3 Å². The van der Waals surface area contributed by atoms with Crippen LogP contribution in [0.2, 0.25) is 0 Å². The van der Waals surface area contributed by atoms with E-state index in [-0.39, 0.29) is 0 Å². The molecule has 0 saturated heterocycles. The summed E-state index contributed by atoms with van der Waals surface area (Å²) in [7, 11) is -3.74. The normalized spacial score (nSPS) is 11.6. The molecule has 0 aliphatic carbocycles. The molecule has 0 fully saturated rings. The third-order valence-electron chi connectivity index (χ3n) is 4.05. The third kappa shape index (κ3) is 3.56. The standard InChI is InChI=1S/C19H18N4O4S/c1-3-26-15-7-5-14(6-8-15)22-17-10-11-20-16-9-4-13-12-21-23(19(13)18(16)17)27-28(2,24)25/h4-12H,3H2,1-2H3,(H,20,22). The summed E-state index contributed by atoms with van der Waals surface area (Å²) < 4.78 is 33.7. The van der Waals surface area contributed by atoms with Gasteiger partial charge in [0, 0.05) is 17.3 Å². The zero-order chi connectivity index (χ0) is 19.7. The van der Waals surface area contributed by atoms with Crippen molar-refractivity contribution in [1.82, 2.24) is 14.9 Å². The number of anilines is 2. The molecule has 144 valence electrons. The van der Waals surface area contributed by atoms with Gasteiger partial charge in [-0.3, -0.25) is 9.27 Å². The van der Waals surface area contributed by atoms with E-state index in [9.17, 15) is 8.42 Å². The van der Waals surface area contributed by atoms with Crippen LogP contribution >= 0.6 is 0 Å². The fraction of sp³-hybridized carbons (Fsp3) is 0.158. The van der Waals surface area contributed by atoms with Crippen molar-refractivity contribution >= 4 is 43.3 Å². The van der Waals surface area contributed by atoms with Crippen LogP contribution in [0.3, 0.4) is 0 Å². The molecule has 0 amide bonds. The zero-order valence-electron chi connectivity index (χ0n) is 15.3. The van der Waals surface area contributed by atoms with E-state index in [1.807, 2.05) is 49.4 Å². The minimum Gasteiger partial charge on any atom is -0.494 e. The second-order valence-electron chi connectivity index (χ2n) is 6.13. The number of rotatable bonds is 6. The highest BCUT2D eigenvalue weighted by atomic mass is 32.2. The van der Waals surface area contributed by atoms with Gasteiger partial charge in [-0.15, -0.1) is 5.10 Å². The molecule has 28 heavy (non-hydrogen) atoms. The Balaban J connectivity index is 1.84. The maximum atomic E-state index is 11.6. The second kappa shape index (κ2) is 7.01. The van der Waals surface area contributed by atoms with Crippen LogP contribution in [0.5, 0.6) is 5.75 Å². The van der Waals surface area contributed by atoms with Crippen LogP contribution in [0.15, 0.2) is 54.9 Å². The van der Waals surface area contributed by atoms with Crippen LogP contribution in [-0.4, -0.2) is 36.2 Å². The lowest BCUT2D eigenvalue weighted by Gasteiger charge is -2.12. The average molecular weight is 398 g/mol. The Bertz CT molecular complexity index is 1250. The van der Waals surface area contributed by atoms with Crippen LogP contribution in [0.1, 0.15) is 6.92 Å². The minimum atomic E-state index is -3.74. The van der Waals surface area contributed by atoms with E-state index in [2.05, 4.69) is 15.4 Å². The van der Waals surface area contributed by atoms with Gasteiger partial charge in [0.15, 0.2) is 0 Å². The van der Waals surface area contributed by atoms with Crippen molar-refractivity contribution in [3.8, 4) is 5.75 Å². The molecule has 2 aromatic heterocycles. The lowest BCUT2D eigenvalue weighted by Crippen LogP contribution is -2.19. The number of nitrogens with zero attached hydrogens (tertiary/aromatic N) is 3. The van der Waals surface area contributed by atoms with Crippen molar-refractivity contribution in [2.45, 2.75) is 6.92 Å². The SMILES string of the molecule is CCOc1ccc(Nc2ccnc3ccc4cnn(OS(C)(=O)=O)c4c23)cc1. The van der Waals surface area contributed by atoms with Crippen molar-refractivity contribution < 1.29 is 17.4 Å². The molecule has 0 aliphatic heterocycles. The summed E-state index contributed by atoms with van der Waals surface area (Å²) in [6, 6.07) is 13.1. The molecular weight excluding hydrogens is 380 g/mol. The van der Waals surface area contributed by atoms with Crippen molar-refractivity contribution in [3.05, 3.63) is 54.9 Å². The van der Waals surface area contributed by atoms with Gasteiger partial charge in [0.05, 0.1) is 35.6 Å². The average Bonchev–Trinajstić information content (AvgIpc) is 3.05. The largest absolute Gasteiger partial charge is 0.494 e. The number of hydrogen-bond donors (Lipinski definition) is 1. The number of aromatic nitrogens is 3. The Labute approximate surface area is 161 Å². The Morgan fingerprint density at radius 1 is 1.11 bits per heavy atom.